The highest BCUT2D eigenvalue weighted by molar-refractivity contribution is 5.94. The first-order chi connectivity index (χ1) is 12.6. The molecule has 0 aliphatic carbocycles. The van der Waals surface area contributed by atoms with Crippen LogP contribution in [0.2, 0.25) is 0 Å². The maximum Gasteiger partial charge on any atom is 0.274 e. The third-order valence-electron chi connectivity index (χ3n) is 5.25. The Bertz CT molecular complexity index is 794. The van der Waals surface area contributed by atoms with Gasteiger partial charge < -0.3 is 10.2 Å². The second-order valence-corrected chi connectivity index (χ2v) is 7.02. The van der Waals surface area contributed by atoms with Crippen molar-refractivity contribution in [2.24, 2.45) is 0 Å². The van der Waals surface area contributed by atoms with E-state index in [2.05, 4.69) is 20.3 Å². The summed E-state index contributed by atoms with van der Waals surface area (Å²) in [6, 6.07) is 3.79. The first-order valence-corrected chi connectivity index (χ1v) is 8.94. The summed E-state index contributed by atoms with van der Waals surface area (Å²) in [5.74, 6) is -0.134. The first-order valence-electron chi connectivity index (χ1n) is 8.94. The standard InChI is InChI=1S/C19H21N5O2/c1-12-10-22-17(11-21-12)19(26)24-15-2-3-16(24)9-14(8-15)23-18(25)13-4-6-20-7-5-13/h4-7,10-11,14-16H,2-3,8-9H2,1H3,(H,23,25)/t14?,15-,16+. The minimum absolute atomic E-state index is 0.0519. The quantitative estimate of drug-likeness (QED) is 0.910. The summed E-state index contributed by atoms with van der Waals surface area (Å²) in [5, 5.41) is 3.11. The van der Waals surface area contributed by atoms with Crippen molar-refractivity contribution in [3.8, 4) is 0 Å². The van der Waals surface area contributed by atoms with Gasteiger partial charge in [-0.15, -0.1) is 0 Å². The lowest BCUT2D eigenvalue weighted by Gasteiger charge is -2.39. The molecule has 7 nitrogen and oxygen atoms in total. The molecule has 0 spiro atoms. The van der Waals surface area contributed by atoms with Crippen LogP contribution in [0.1, 0.15) is 52.2 Å². The number of hydrogen-bond acceptors (Lipinski definition) is 5. The van der Waals surface area contributed by atoms with Crippen molar-refractivity contribution < 1.29 is 9.59 Å². The Balaban J connectivity index is 1.43. The summed E-state index contributed by atoms with van der Waals surface area (Å²) in [4.78, 5) is 39.5. The van der Waals surface area contributed by atoms with Gasteiger partial charge in [0.05, 0.1) is 11.9 Å². The molecule has 1 unspecified atom stereocenters. The molecule has 7 heteroatoms. The molecule has 2 aromatic rings. The highest BCUT2D eigenvalue weighted by atomic mass is 16.2. The Hall–Kier alpha value is -2.83. The molecule has 2 fully saturated rings. The maximum absolute atomic E-state index is 12.9. The van der Waals surface area contributed by atoms with Crippen LogP contribution in [0.4, 0.5) is 0 Å². The smallest absolute Gasteiger partial charge is 0.274 e. The molecule has 4 rings (SSSR count). The van der Waals surface area contributed by atoms with Crippen LogP contribution >= 0.6 is 0 Å². The minimum atomic E-state index is -0.0824. The number of carbonyl (C=O) groups is 2. The van der Waals surface area contributed by atoms with Gasteiger partial charge in [-0.3, -0.25) is 19.6 Å². The van der Waals surface area contributed by atoms with E-state index in [9.17, 15) is 9.59 Å². The summed E-state index contributed by atoms with van der Waals surface area (Å²) in [7, 11) is 0. The van der Waals surface area contributed by atoms with Gasteiger partial charge in [-0.1, -0.05) is 0 Å². The monoisotopic (exact) mass is 351 g/mol. The van der Waals surface area contributed by atoms with Crippen molar-refractivity contribution in [3.63, 3.8) is 0 Å². The number of hydrogen-bond donors (Lipinski definition) is 1. The van der Waals surface area contributed by atoms with Gasteiger partial charge in [-0.05, 0) is 44.7 Å². The fraction of sp³-hybridized carbons (Fsp3) is 0.421. The maximum atomic E-state index is 12.9. The summed E-state index contributed by atoms with van der Waals surface area (Å²) in [5.41, 5.74) is 1.80. The van der Waals surface area contributed by atoms with E-state index in [0.717, 1.165) is 31.4 Å². The Morgan fingerprint density at radius 2 is 1.77 bits per heavy atom. The van der Waals surface area contributed by atoms with Crippen molar-refractivity contribution in [1.29, 1.82) is 0 Å². The number of pyridine rings is 1. The number of amides is 2. The average Bonchev–Trinajstić information content (AvgIpc) is 2.93. The van der Waals surface area contributed by atoms with Crippen LogP contribution in [0.3, 0.4) is 0 Å². The van der Waals surface area contributed by atoms with Crippen molar-refractivity contribution >= 4 is 11.8 Å². The predicted molar refractivity (Wildman–Crippen MR) is 94.5 cm³/mol. The van der Waals surface area contributed by atoms with E-state index in [0.29, 0.717) is 11.3 Å². The Labute approximate surface area is 151 Å². The summed E-state index contributed by atoms with van der Waals surface area (Å²) >= 11 is 0. The average molecular weight is 351 g/mol. The number of aryl methyl sites for hydroxylation is 1. The second kappa shape index (κ2) is 6.82. The van der Waals surface area contributed by atoms with Crippen LogP contribution in [0.25, 0.3) is 0 Å². The van der Waals surface area contributed by atoms with Crippen molar-refractivity contribution in [1.82, 2.24) is 25.2 Å². The molecular formula is C19H21N5O2. The molecule has 1 N–H and O–H groups in total. The number of nitrogens with zero attached hydrogens (tertiary/aromatic N) is 4. The fourth-order valence-electron chi connectivity index (χ4n) is 4.03. The minimum Gasteiger partial charge on any atom is -0.349 e. The fourth-order valence-corrected chi connectivity index (χ4v) is 4.03. The van der Waals surface area contributed by atoms with E-state index in [-0.39, 0.29) is 29.9 Å². The van der Waals surface area contributed by atoms with Gasteiger partial charge in [-0.25, -0.2) is 4.98 Å². The SMILES string of the molecule is Cc1cnc(C(=O)N2[C@@H]3CC[C@H]2CC(NC(=O)c2ccncc2)C3)cn1. The van der Waals surface area contributed by atoms with E-state index in [1.807, 2.05) is 11.8 Å². The third-order valence-corrected chi connectivity index (χ3v) is 5.25. The van der Waals surface area contributed by atoms with E-state index < -0.39 is 0 Å². The molecule has 3 atom stereocenters. The summed E-state index contributed by atoms with van der Waals surface area (Å²) in [6.45, 7) is 1.85. The lowest BCUT2D eigenvalue weighted by molar-refractivity contribution is 0.0543. The molecule has 134 valence electrons. The largest absolute Gasteiger partial charge is 0.349 e. The van der Waals surface area contributed by atoms with Gasteiger partial charge in [0.25, 0.3) is 11.8 Å². The predicted octanol–water partition coefficient (Wildman–Crippen LogP) is 1.75. The number of rotatable bonds is 3. The molecule has 0 saturated carbocycles. The molecule has 0 aromatic carbocycles. The Morgan fingerprint density at radius 1 is 1.08 bits per heavy atom. The molecule has 2 saturated heterocycles. The molecule has 2 amide bonds. The molecule has 26 heavy (non-hydrogen) atoms. The van der Waals surface area contributed by atoms with Crippen LogP contribution in [0.5, 0.6) is 0 Å². The molecule has 2 bridgehead atoms. The zero-order valence-electron chi connectivity index (χ0n) is 14.6. The normalized spacial score (nSPS) is 24.3. The van der Waals surface area contributed by atoms with Crippen LogP contribution < -0.4 is 5.32 Å². The van der Waals surface area contributed by atoms with Gasteiger partial charge in [0, 0.05) is 42.3 Å². The van der Waals surface area contributed by atoms with Crippen molar-refractivity contribution in [2.45, 2.75) is 50.7 Å². The van der Waals surface area contributed by atoms with Gasteiger partial charge in [0.15, 0.2) is 0 Å². The first kappa shape index (κ1) is 16.6. The van der Waals surface area contributed by atoms with E-state index in [1.54, 1.807) is 36.9 Å². The van der Waals surface area contributed by atoms with Crippen LogP contribution in [0, 0.1) is 6.92 Å². The van der Waals surface area contributed by atoms with Crippen molar-refractivity contribution in [2.75, 3.05) is 0 Å². The molecule has 4 heterocycles. The van der Waals surface area contributed by atoms with E-state index in [1.165, 1.54) is 0 Å². The van der Waals surface area contributed by atoms with Crippen LogP contribution in [-0.4, -0.2) is 49.8 Å². The summed E-state index contributed by atoms with van der Waals surface area (Å²) in [6.07, 6.45) is 9.89. The van der Waals surface area contributed by atoms with E-state index >= 15 is 0 Å². The lowest BCUT2D eigenvalue weighted by atomic mass is 9.96. The van der Waals surface area contributed by atoms with Gasteiger partial charge in [0.2, 0.25) is 0 Å². The van der Waals surface area contributed by atoms with E-state index in [4.69, 9.17) is 0 Å². The number of carbonyl (C=O) groups excluding carboxylic acids is 2. The topological polar surface area (TPSA) is 88.1 Å². The number of piperidine rings is 1. The Morgan fingerprint density at radius 3 is 2.38 bits per heavy atom. The van der Waals surface area contributed by atoms with Gasteiger partial charge in [-0.2, -0.15) is 0 Å². The highest BCUT2D eigenvalue weighted by Gasteiger charge is 2.44. The molecule has 0 radical (unpaired) electrons. The van der Waals surface area contributed by atoms with Crippen LogP contribution in [0.15, 0.2) is 36.9 Å². The van der Waals surface area contributed by atoms with Gasteiger partial charge in [0.1, 0.15) is 5.69 Å². The summed E-state index contributed by atoms with van der Waals surface area (Å²) < 4.78 is 0. The van der Waals surface area contributed by atoms with Gasteiger partial charge >= 0.3 is 0 Å². The lowest BCUT2D eigenvalue weighted by Crippen LogP contribution is -2.52. The third kappa shape index (κ3) is 3.16. The molecule has 2 aliphatic rings. The molecular weight excluding hydrogens is 330 g/mol. The molecule has 2 aromatic heterocycles. The zero-order chi connectivity index (χ0) is 18.1. The Kier molecular flexibility index (Phi) is 4.36. The number of aromatic nitrogens is 3. The number of nitrogens with one attached hydrogen (secondary N) is 1. The van der Waals surface area contributed by atoms with Crippen LogP contribution in [-0.2, 0) is 0 Å². The number of fused-ring (bicyclic) bond motifs is 2. The molecule has 2 aliphatic heterocycles. The van der Waals surface area contributed by atoms with Crippen molar-refractivity contribution in [3.05, 3.63) is 53.9 Å². The highest BCUT2D eigenvalue weighted by Crippen LogP contribution is 2.36. The zero-order valence-corrected chi connectivity index (χ0v) is 14.6. The second-order valence-electron chi connectivity index (χ2n) is 7.02.